The number of fused-ring (bicyclic) bond motifs is 3. The molecule has 15 nitrogen and oxygen atoms in total. The van der Waals surface area contributed by atoms with Crippen molar-refractivity contribution in [3.63, 3.8) is 0 Å². The third-order valence-corrected chi connectivity index (χ3v) is 16.1. The number of carbonyl (C=O) groups excluding carboxylic acids is 5. The largest absolute Gasteiger partial charge is 0.460 e. The molecule has 3 aliphatic heterocycles. The number of Topliss-reactive ketones (excluding diaryl/α,β-unsaturated/α-hetero) is 3. The number of hydrogen-bond donors (Lipinski definition) is 1. The Morgan fingerprint density at radius 3 is 2.17 bits per heavy atom. The zero-order valence-electron chi connectivity index (χ0n) is 45.1. The summed E-state index contributed by atoms with van der Waals surface area (Å²) in [6.07, 6.45) is 13.0. The minimum Gasteiger partial charge on any atom is -0.460 e. The number of hydrogen-bond acceptors (Lipinski definition) is 14. The third-order valence-electron chi connectivity index (χ3n) is 15.3. The van der Waals surface area contributed by atoms with E-state index in [1.165, 1.54) is 19.1 Å². The van der Waals surface area contributed by atoms with Crippen LogP contribution in [0.2, 0.25) is 0 Å². The number of esters is 1. The fourth-order valence-corrected chi connectivity index (χ4v) is 11.9. The highest BCUT2D eigenvalue weighted by atomic mass is 31.2. The highest BCUT2D eigenvalue weighted by Gasteiger charge is 2.47. The highest BCUT2D eigenvalue weighted by Crippen LogP contribution is 2.45. The molecular formula is C55H88NO14P. The van der Waals surface area contributed by atoms with Crippen LogP contribution in [0.25, 0.3) is 0 Å². The second-order valence-corrected chi connectivity index (χ2v) is 24.3. The van der Waals surface area contributed by atoms with Gasteiger partial charge in [-0.05, 0) is 107 Å². The lowest BCUT2D eigenvalue weighted by Crippen LogP contribution is -2.54. The first kappa shape index (κ1) is 60.4. The molecule has 71 heavy (non-hydrogen) atoms. The third kappa shape index (κ3) is 17.5. The number of ether oxygens (including phenoxy) is 6. The Hall–Kier alpha value is -3.14. The number of allylic oxidation sites excluding steroid dienone is 6. The molecule has 0 aromatic rings. The van der Waals surface area contributed by atoms with E-state index in [0.29, 0.717) is 63.4 Å². The van der Waals surface area contributed by atoms with Gasteiger partial charge in [0.05, 0.1) is 30.8 Å². The number of amides is 1. The molecule has 15 atom stereocenters. The fourth-order valence-electron chi connectivity index (χ4n) is 11.0. The van der Waals surface area contributed by atoms with Gasteiger partial charge in [-0.1, -0.05) is 71.1 Å². The lowest BCUT2D eigenvalue weighted by atomic mass is 9.78. The Morgan fingerprint density at radius 1 is 0.817 bits per heavy atom. The summed E-state index contributed by atoms with van der Waals surface area (Å²) in [7, 11) is 3.43. The molecule has 0 aromatic heterocycles. The standard InChI is InChI=1S/C55H88NO14P/c1-34-19-15-14-16-20-35(2)47(64-8)31-42-24-22-40(7)55(62,69-42)33-45(58)53(60)56-26-18-17-21-43(56)54(61)68-48(37(4)29-41-23-25-46(49(30-41)65-9)70-71(12,13)63)32-44(57)36(3)28-39(6)51(66-10)52(67-11)50(59)38(5)27-34/h14-16,19-20,28,34,36-38,40-43,46-49,51-52,62H,17-18,21-27,29-33H2,1-13H3/b16-14+,19-15+,35-20?,39-28+/t34-,36-,37-,38-,40-,41+,42+,43+,46-,47+,48+,49-,51-,52+,55+/m1/s1. The Balaban J connectivity index is 1.70. The van der Waals surface area contributed by atoms with Gasteiger partial charge >= 0.3 is 5.97 Å². The van der Waals surface area contributed by atoms with Gasteiger partial charge in [-0.3, -0.25) is 23.7 Å². The van der Waals surface area contributed by atoms with E-state index in [9.17, 15) is 33.6 Å². The number of carbonyl (C=O) groups is 5. The first-order valence-corrected chi connectivity index (χ1v) is 28.5. The van der Waals surface area contributed by atoms with Crippen LogP contribution in [-0.2, 0) is 61.5 Å². The zero-order chi connectivity index (χ0) is 52.8. The molecule has 2 saturated heterocycles. The minimum absolute atomic E-state index is 0.0591. The van der Waals surface area contributed by atoms with Crippen LogP contribution in [0.5, 0.6) is 0 Å². The highest BCUT2D eigenvalue weighted by molar-refractivity contribution is 7.57. The quantitative estimate of drug-likeness (QED) is 0.0998. The maximum atomic E-state index is 14.5. The van der Waals surface area contributed by atoms with Gasteiger partial charge in [-0.25, -0.2) is 4.79 Å². The fraction of sp³-hybridized carbons (Fsp3) is 0.764. The van der Waals surface area contributed by atoms with E-state index in [1.807, 2.05) is 65.0 Å². The van der Waals surface area contributed by atoms with Crippen LogP contribution in [0.1, 0.15) is 132 Å². The van der Waals surface area contributed by atoms with Crippen LogP contribution in [-0.4, -0.2) is 142 Å². The molecule has 0 spiro atoms. The van der Waals surface area contributed by atoms with Crippen molar-refractivity contribution in [1.82, 2.24) is 4.90 Å². The number of cyclic esters (lactones) is 1. The second-order valence-electron chi connectivity index (χ2n) is 21.5. The molecule has 0 unspecified atom stereocenters. The minimum atomic E-state index is -2.78. The number of nitrogens with zero attached hydrogens (tertiary/aromatic N) is 1. The Bertz CT molecular complexity index is 1980. The van der Waals surface area contributed by atoms with Crippen molar-refractivity contribution in [2.45, 2.75) is 186 Å². The predicted octanol–water partition coefficient (Wildman–Crippen LogP) is 8.79. The van der Waals surface area contributed by atoms with Gasteiger partial charge in [0.25, 0.3) is 5.91 Å². The second kappa shape index (κ2) is 28.0. The van der Waals surface area contributed by atoms with Gasteiger partial charge in [-0.2, -0.15) is 0 Å². The topological polar surface area (TPSA) is 190 Å². The molecule has 0 radical (unpaired) electrons. The van der Waals surface area contributed by atoms with E-state index >= 15 is 0 Å². The van der Waals surface area contributed by atoms with Crippen molar-refractivity contribution < 1.29 is 66.6 Å². The number of aliphatic hydroxyl groups is 1. The first-order chi connectivity index (χ1) is 33.4. The van der Waals surface area contributed by atoms with E-state index < -0.39 is 79.5 Å². The van der Waals surface area contributed by atoms with E-state index in [4.69, 9.17) is 32.9 Å². The molecule has 2 bridgehead atoms. The van der Waals surface area contributed by atoms with Gasteiger partial charge in [-0.15, -0.1) is 0 Å². The monoisotopic (exact) mass is 1020 g/mol. The summed E-state index contributed by atoms with van der Waals surface area (Å²) in [4.78, 5) is 72.3. The Morgan fingerprint density at radius 2 is 1.52 bits per heavy atom. The summed E-state index contributed by atoms with van der Waals surface area (Å²) in [6, 6.07) is -1.08. The van der Waals surface area contributed by atoms with Gasteiger partial charge in [0.1, 0.15) is 30.1 Å². The average molecular weight is 1020 g/mol. The summed E-state index contributed by atoms with van der Waals surface area (Å²) >= 11 is 0. The molecule has 3 fully saturated rings. The molecule has 4 rings (SSSR count). The average Bonchev–Trinajstić information content (AvgIpc) is 3.31. The molecule has 3 heterocycles. The molecule has 1 amide bonds. The molecule has 1 aliphatic carbocycles. The molecule has 4 aliphatic rings. The van der Waals surface area contributed by atoms with Crippen molar-refractivity contribution in [3.8, 4) is 0 Å². The van der Waals surface area contributed by atoms with Crippen LogP contribution >= 0.6 is 7.37 Å². The molecule has 1 saturated carbocycles. The Kier molecular flexibility index (Phi) is 23.8. The van der Waals surface area contributed by atoms with Crippen LogP contribution < -0.4 is 0 Å². The van der Waals surface area contributed by atoms with Crippen LogP contribution in [0.15, 0.2) is 47.6 Å². The number of rotatable bonds is 9. The number of piperidine rings is 1. The van der Waals surface area contributed by atoms with Crippen LogP contribution in [0.3, 0.4) is 0 Å². The molecular weight excluding hydrogens is 930 g/mol. The summed E-state index contributed by atoms with van der Waals surface area (Å²) in [5.74, 6) is -6.34. The van der Waals surface area contributed by atoms with Gasteiger partial charge in [0.15, 0.2) is 18.9 Å². The maximum absolute atomic E-state index is 14.5. The van der Waals surface area contributed by atoms with E-state index in [0.717, 1.165) is 12.0 Å². The smallest absolute Gasteiger partial charge is 0.329 e. The number of ketones is 3. The van der Waals surface area contributed by atoms with E-state index in [-0.39, 0.29) is 72.9 Å². The first-order valence-electron chi connectivity index (χ1n) is 26.0. The SMILES string of the molecule is CO[C@H]1C[C@@H]2CC[C@@H](C)[C@](O)(CC(=O)C(=O)N3CCCC[C@H]3C(=O)O[C@H]([C@H](C)C[C@@H]3CC[C@@H](OP(C)(C)=O)[C@H](OC)C3)CC(=O)[C@H](C)/C=C(\C)[C@@H](OC)[C@@H](OC)C(=O)[C@H](C)C[C@H](C)/C=C/C=C/C=C1C)O2. The predicted molar refractivity (Wildman–Crippen MR) is 273 cm³/mol. The van der Waals surface area contributed by atoms with Crippen molar-refractivity contribution >= 4 is 36.6 Å². The summed E-state index contributed by atoms with van der Waals surface area (Å²) in [5, 5.41) is 11.9. The van der Waals surface area contributed by atoms with Crippen LogP contribution in [0.4, 0.5) is 0 Å². The number of methoxy groups -OCH3 is 4. The van der Waals surface area contributed by atoms with Crippen molar-refractivity contribution in [2.24, 2.45) is 35.5 Å². The zero-order valence-corrected chi connectivity index (χ0v) is 46.0. The molecule has 402 valence electrons. The van der Waals surface area contributed by atoms with E-state index in [1.54, 1.807) is 47.5 Å². The van der Waals surface area contributed by atoms with E-state index in [2.05, 4.69) is 0 Å². The van der Waals surface area contributed by atoms with Crippen molar-refractivity contribution in [1.29, 1.82) is 0 Å². The lowest BCUT2D eigenvalue weighted by molar-refractivity contribution is -0.282. The van der Waals surface area contributed by atoms with Gasteiger partial charge < -0.3 is 43.0 Å². The van der Waals surface area contributed by atoms with Gasteiger partial charge in [0.2, 0.25) is 5.78 Å². The lowest BCUT2D eigenvalue weighted by Gasteiger charge is -2.43. The molecule has 1 N–H and O–H groups in total. The summed E-state index contributed by atoms with van der Waals surface area (Å²) in [6.45, 7) is 16.5. The Labute approximate surface area is 424 Å². The van der Waals surface area contributed by atoms with Crippen molar-refractivity contribution in [3.05, 3.63) is 47.6 Å². The summed E-state index contributed by atoms with van der Waals surface area (Å²) in [5.41, 5.74) is 1.57. The maximum Gasteiger partial charge on any atom is 0.329 e. The van der Waals surface area contributed by atoms with Crippen LogP contribution in [0, 0.1) is 35.5 Å². The van der Waals surface area contributed by atoms with Crippen molar-refractivity contribution in [2.75, 3.05) is 48.3 Å². The molecule has 0 aromatic carbocycles. The summed E-state index contributed by atoms with van der Waals surface area (Å²) < 4.78 is 54.6. The van der Waals surface area contributed by atoms with Gasteiger partial charge in [0, 0.05) is 78.9 Å². The molecule has 16 heteroatoms. The normalized spacial score (nSPS) is 37.7.